The van der Waals surface area contributed by atoms with Crippen molar-refractivity contribution in [1.82, 2.24) is 15.5 Å². The van der Waals surface area contributed by atoms with Crippen molar-refractivity contribution in [2.75, 3.05) is 12.4 Å². The topological polar surface area (TPSA) is 93.2 Å². The number of rotatable bonds is 8. The third kappa shape index (κ3) is 6.11. The highest BCUT2D eigenvalue weighted by molar-refractivity contribution is 7.15. The van der Waals surface area contributed by atoms with Gasteiger partial charge in [-0.2, -0.15) is 0 Å². The van der Waals surface area contributed by atoms with Crippen molar-refractivity contribution in [2.45, 2.75) is 45.6 Å². The van der Waals surface area contributed by atoms with Crippen LogP contribution < -0.4 is 10.6 Å². The van der Waals surface area contributed by atoms with Crippen LogP contribution in [-0.4, -0.2) is 29.3 Å². The second-order valence-electron chi connectivity index (χ2n) is 5.85. The van der Waals surface area contributed by atoms with Crippen LogP contribution in [0.2, 0.25) is 0 Å². The van der Waals surface area contributed by atoms with Gasteiger partial charge in [0.1, 0.15) is 5.01 Å². The Bertz CT molecular complexity index is 730. The Morgan fingerprint density at radius 3 is 2.62 bits per heavy atom. The molecule has 0 aliphatic rings. The molecule has 0 saturated carbocycles. The second-order valence-corrected chi connectivity index (χ2v) is 6.91. The number of carbonyl (C=O) groups excluding carboxylic acids is 2. The molecule has 1 aromatic heterocycles. The molecule has 2 amide bonds. The molecule has 0 spiro atoms. The molecule has 2 rings (SSSR count). The first kappa shape index (κ1) is 19.8. The minimum atomic E-state index is -0.325. The highest BCUT2D eigenvalue weighted by Gasteiger charge is 2.12. The Balaban J connectivity index is 1.80. The van der Waals surface area contributed by atoms with Crippen molar-refractivity contribution in [3.05, 3.63) is 40.4 Å². The first-order valence-electron chi connectivity index (χ1n) is 8.57. The predicted octanol–water partition coefficient (Wildman–Crippen LogP) is 3.48. The predicted molar refractivity (Wildman–Crippen MR) is 101 cm³/mol. The fraction of sp³-hybridized carbons (Fsp3) is 0.444. The summed E-state index contributed by atoms with van der Waals surface area (Å²) < 4.78 is 4.60. The SMILES string of the molecule is CCc1ccc(C(C)NC(=O)Nc2nnc(CCCC(=O)OC)s2)cc1. The van der Waals surface area contributed by atoms with Crippen LogP contribution in [-0.2, 0) is 22.4 Å². The number of hydrogen-bond acceptors (Lipinski definition) is 6. The molecule has 0 radical (unpaired) electrons. The summed E-state index contributed by atoms with van der Waals surface area (Å²) in [6.45, 7) is 4.04. The number of nitrogens with one attached hydrogen (secondary N) is 2. The quantitative estimate of drug-likeness (QED) is 0.688. The average molecular weight is 376 g/mol. The maximum Gasteiger partial charge on any atom is 0.321 e. The van der Waals surface area contributed by atoms with Crippen LogP contribution in [0.5, 0.6) is 0 Å². The van der Waals surface area contributed by atoms with E-state index in [2.05, 4.69) is 44.6 Å². The fourth-order valence-electron chi connectivity index (χ4n) is 2.35. The highest BCUT2D eigenvalue weighted by atomic mass is 32.1. The summed E-state index contributed by atoms with van der Waals surface area (Å²) in [7, 11) is 1.37. The van der Waals surface area contributed by atoms with E-state index in [1.807, 2.05) is 19.1 Å². The Morgan fingerprint density at radius 1 is 1.23 bits per heavy atom. The van der Waals surface area contributed by atoms with Crippen molar-refractivity contribution >= 4 is 28.5 Å². The third-order valence-corrected chi connectivity index (χ3v) is 4.82. The van der Waals surface area contributed by atoms with E-state index in [1.165, 1.54) is 24.0 Å². The van der Waals surface area contributed by atoms with Crippen LogP contribution in [0.25, 0.3) is 0 Å². The van der Waals surface area contributed by atoms with Gasteiger partial charge >= 0.3 is 12.0 Å². The number of amides is 2. The molecule has 1 unspecified atom stereocenters. The van der Waals surface area contributed by atoms with Gasteiger partial charge in [0.2, 0.25) is 5.13 Å². The van der Waals surface area contributed by atoms with Crippen molar-refractivity contribution in [3.8, 4) is 0 Å². The van der Waals surface area contributed by atoms with Gasteiger partial charge in [-0.1, -0.05) is 42.5 Å². The molecular weight excluding hydrogens is 352 g/mol. The van der Waals surface area contributed by atoms with E-state index < -0.39 is 0 Å². The van der Waals surface area contributed by atoms with Crippen molar-refractivity contribution in [3.63, 3.8) is 0 Å². The lowest BCUT2D eigenvalue weighted by Gasteiger charge is -2.14. The summed E-state index contributed by atoms with van der Waals surface area (Å²) in [6, 6.07) is 7.73. The number of urea groups is 1. The Kier molecular flexibility index (Phi) is 7.53. The number of hydrogen-bond donors (Lipinski definition) is 2. The molecule has 0 bridgehead atoms. The highest BCUT2D eigenvalue weighted by Crippen LogP contribution is 2.18. The maximum atomic E-state index is 12.1. The van der Waals surface area contributed by atoms with E-state index in [0.717, 1.165) is 17.0 Å². The van der Waals surface area contributed by atoms with E-state index >= 15 is 0 Å². The lowest BCUT2D eigenvalue weighted by atomic mass is 10.1. The summed E-state index contributed by atoms with van der Waals surface area (Å²) in [4.78, 5) is 23.2. The zero-order valence-electron chi connectivity index (χ0n) is 15.2. The van der Waals surface area contributed by atoms with E-state index in [0.29, 0.717) is 24.4 Å². The molecule has 8 heteroatoms. The summed E-state index contributed by atoms with van der Waals surface area (Å²) in [5, 5.41) is 14.8. The smallest absolute Gasteiger partial charge is 0.321 e. The number of benzene rings is 1. The zero-order valence-corrected chi connectivity index (χ0v) is 16.1. The van der Waals surface area contributed by atoms with Gasteiger partial charge in [-0.15, -0.1) is 10.2 Å². The van der Waals surface area contributed by atoms with Gasteiger partial charge in [0, 0.05) is 12.8 Å². The maximum absolute atomic E-state index is 12.1. The molecule has 2 aromatic rings. The van der Waals surface area contributed by atoms with E-state index in [9.17, 15) is 9.59 Å². The molecule has 26 heavy (non-hydrogen) atoms. The summed E-state index contributed by atoms with van der Waals surface area (Å²) in [6.07, 6.45) is 2.59. The lowest BCUT2D eigenvalue weighted by Crippen LogP contribution is -2.31. The average Bonchev–Trinajstić information content (AvgIpc) is 3.08. The van der Waals surface area contributed by atoms with Crippen molar-refractivity contribution in [1.29, 1.82) is 0 Å². The lowest BCUT2D eigenvalue weighted by molar-refractivity contribution is -0.140. The Morgan fingerprint density at radius 2 is 1.96 bits per heavy atom. The number of esters is 1. The molecule has 0 fully saturated rings. The van der Waals surface area contributed by atoms with E-state index in [1.54, 1.807) is 0 Å². The largest absolute Gasteiger partial charge is 0.469 e. The number of aryl methyl sites for hydroxylation is 2. The number of methoxy groups -OCH3 is 1. The molecule has 0 aliphatic heterocycles. The number of nitrogens with zero attached hydrogens (tertiary/aromatic N) is 2. The number of carbonyl (C=O) groups is 2. The van der Waals surface area contributed by atoms with Crippen LogP contribution in [0.1, 0.15) is 48.9 Å². The molecule has 2 N–H and O–H groups in total. The first-order valence-corrected chi connectivity index (χ1v) is 9.39. The molecule has 1 atom stereocenters. The summed E-state index contributed by atoms with van der Waals surface area (Å²) >= 11 is 1.30. The molecule has 0 saturated heterocycles. The number of ether oxygens (including phenoxy) is 1. The van der Waals surface area contributed by atoms with Crippen molar-refractivity contribution < 1.29 is 14.3 Å². The van der Waals surface area contributed by atoms with Crippen molar-refractivity contribution in [2.24, 2.45) is 0 Å². The molecule has 7 nitrogen and oxygen atoms in total. The Hall–Kier alpha value is -2.48. The first-order chi connectivity index (χ1) is 12.5. The minimum absolute atomic E-state index is 0.117. The van der Waals surface area contributed by atoms with Gasteiger partial charge in [-0.3, -0.25) is 10.1 Å². The Labute approximate surface area is 157 Å². The normalized spacial score (nSPS) is 11.7. The van der Waals surface area contributed by atoms with Gasteiger partial charge < -0.3 is 10.1 Å². The molecule has 0 aliphatic carbocycles. The van der Waals surface area contributed by atoms with Gasteiger partial charge in [-0.25, -0.2) is 4.79 Å². The third-order valence-electron chi connectivity index (χ3n) is 3.92. The van der Waals surface area contributed by atoms with Crippen LogP contribution >= 0.6 is 11.3 Å². The standard InChI is InChI=1S/C18H24N4O3S/c1-4-13-8-10-14(11-9-13)12(2)19-17(24)20-18-22-21-15(26-18)6-5-7-16(23)25-3/h8-12H,4-7H2,1-3H3,(H2,19,20,22,24). The van der Waals surface area contributed by atoms with Gasteiger partial charge in [0.15, 0.2) is 0 Å². The number of anilines is 1. The zero-order chi connectivity index (χ0) is 18.9. The van der Waals surface area contributed by atoms with Gasteiger partial charge in [-0.05, 0) is 30.9 Å². The van der Waals surface area contributed by atoms with E-state index in [-0.39, 0.29) is 18.0 Å². The monoisotopic (exact) mass is 376 g/mol. The van der Waals surface area contributed by atoms with Crippen LogP contribution in [0.3, 0.4) is 0 Å². The molecular formula is C18H24N4O3S. The van der Waals surface area contributed by atoms with Gasteiger partial charge in [0.25, 0.3) is 0 Å². The molecule has 1 aromatic carbocycles. The molecule has 140 valence electrons. The summed E-state index contributed by atoms with van der Waals surface area (Å²) in [5.41, 5.74) is 2.30. The van der Waals surface area contributed by atoms with Crippen LogP contribution in [0.15, 0.2) is 24.3 Å². The fourth-order valence-corrected chi connectivity index (χ4v) is 3.12. The van der Waals surface area contributed by atoms with E-state index in [4.69, 9.17) is 0 Å². The second kappa shape index (κ2) is 9.86. The van der Waals surface area contributed by atoms with Crippen LogP contribution in [0.4, 0.5) is 9.93 Å². The van der Waals surface area contributed by atoms with Gasteiger partial charge in [0.05, 0.1) is 13.2 Å². The summed E-state index contributed by atoms with van der Waals surface area (Å²) in [5.74, 6) is -0.242. The minimum Gasteiger partial charge on any atom is -0.469 e. The van der Waals surface area contributed by atoms with Crippen LogP contribution in [0, 0.1) is 0 Å². The molecule has 1 heterocycles. The number of aromatic nitrogens is 2.